The van der Waals surface area contributed by atoms with Crippen LogP contribution in [0, 0.1) is 0 Å². The van der Waals surface area contributed by atoms with Gasteiger partial charge >= 0.3 is 12.0 Å². The zero-order chi connectivity index (χ0) is 21.7. The van der Waals surface area contributed by atoms with E-state index in [0.29, 0.717) is 19.4 Å². The SMILES string of the molecule is CCCCCNC(=O)NCCCC/C=C/CCCCCC(=O)NC(CC)C(=O)O. The highest BCUT2D eigenvalue weighted by atomic mass is 16.4. The molecule has 0 rings (SSSR count). The van der Waals surface area contributed by atoms with Crippen LogP contribution in [0.2, 0.25) is 0 Å². The Labute approximate surface area is 176 Å². The predicted molar refractivity (Wildman–Crippen MR) is 117 cm³/mol. The molecule has 0 saturated carbocycles. The van der Waals surface area contributed by atoms with Crippen molar-refractivity contribution < 1.29 is 19.5 Å². The number of unbranched alkanes of at least 4 members (excludes halogenated alkanes) is 7. The van der Waals surface area contributed by atoms with E-state index >= 15 is 0 Å². The van der Waals surface area contributed by atoms with Gasteiger partial charge in [0.05, 0.1) is 0 Å². The summed E-state index contributed by atoms with van der Waals surface area (Å²) in [6.07, 6.45) is 15.2. The third-order valence-electron chi connectivity index (χ3n) is 4.63. The van der Waals surface area contributed by atoms with E-state index in [1.54, 1.807) is 6.92 Å². The predicted octanol–water partition coefficient (Wildman–Crippen LogP) is 4.13. The first-order valence-electron chi connectivity index (χ1n) is 11.2. The first-order valence-corrected chi connectivity index (χ1v) is 11.2. The van der Waals surface area contributed by atoms with Crippen LogP contribution in [0.15, 0.2) is 12.2 Å². The fourth-order valence-corrected chi connectivity index (χ4v) is 2.79. The van der Waals surface area contributed by atoms with Crippen LogP contribution in [0.3, 0.4) is 0 Å². The van der Waals surface area contributed by atoms with Crippen LogP contribution < -0.4 is 16.0 Å². The lowest BCUT2D eigenvalue weighted by atomic mass is 10.1. The van der Waals surface area contributed by atoms with Crippen molar-refractivity contribution in [3.63, 3.8) is 0 Å². The van der Waals surface area contributed by atoms with Gasteiger partial charge in [0.1, 0.15) is 6.04 Å². The van der Waals surface area contributed by atoms with Crippen molar-refractivity contribution in [2.75, 3.05) is 13.1 Å². The summed E-state index contributed by atoms with van der Waals surface area (Å²) in [5.41, 5.74) is 0. The van der Waals surface area contributed by atoms with Crippen molar-refractivity contribution in [1.82, 2.24) is 16.0 Å². The summed E-state index contributed by atoms with van der Waals surface area (Å²) in [7, 11) is 0. The molecular weight excluding hydrogens is 370 g/mol. The number of carboxylic acid groups (broad SMARTS) is 1. The highest BCUT2D eigenvalue weighted by Gasteiger charge is 2.16. The number of urea groups is 1. The molecule has 0 aromatic heterocycles. The minimum absolute atomic E-state index is 0.0708. The molecule has 0 spiro atoms. The van der Waals surface area contributed by atoms with Crippen LogP contribution in [-0.2, 0) is 9.59 Å². The number of carboxylic acids is 1. The van der Waals surface area contributed by atoms with E-state index in [2.05, 4.69) is 35.0 Å². The number of carbonyl (C=O) groups excluding carboxylic acids is 2. The van der Waals surface area contributed by atoms with Gasteiger partial charge in [-0.25, -0.2) is 9.59 Å². The highest BCUT2D eigenvalue weighted by molar-refractivity contribution is 5.83. The monoisotopic (exact) mass is 411 g/mol. The lowest BCUT2D eigenvalue weighted by molar-refractivity contribution is -0.141. The number of carbonyl (C=O) groups is 3. The number of aliphatic carboxylic acids is 1. The van der Waals surface area contributed by atoms with Gasteiger partial charge in [-0.15, -0.1) is 0 Å². The number of hydrogen-bond donors (Lipinski definition) is 4. The summed E-state index contributed by atoms with van der Waals surface area (Å²) in [4.78, 5) is 34.1. The molecule has 0 aromatic carbocycles. The third-order valence-corrected chi connectivity index (χ3v) is 4.63. The Bertz CT molecular complexity index is 481. The van der Waals surface area contributed by atoms with Crippen LogP contribution in [-0.4, -0.2) is 42.1 Å². The summed E-state index contributed by atoms with van der Waals surface area (Å²) >= 11 is 0. The minimum Gasteiger partial charge on any atom is -0.480 e. The largest absolute Gasteiger partial charge is 0.480 e. The Balaban J connectivity index is 3.45. The molecule has 0 aliphatic heterocycles. The van der Waals surface area contributed by atoms with Crippen molar-refractivity contribution in [2.24, 2.45) is 0 Å². The van der Waals surface area contributed by atoms with Crippen molar-refractivity contribution in [1.29, 1.82) is 0 Å². The van der Waals surface area contributed by atoms with E-state index in [0.717, 1.165) is 70.8 Å². The summed E-state index contributed by atoms with van der Waals surface area (Å²) in [6, 6.07) is -0.848. The molecule has 3 amide bonds. The van der Waals surface area contributed by atoms with Crippen LogP contribution in [0.1, 0.15) is 90.9 Å². The number of amides is 3. The molecule has 0 heterocycles. The first-order chi connectivity index (χ1) is 14.0. The molecule has 0 aliphatic carbocycles. The zero-order valence-electron chi connectivity index (χ0n) is 18.3. The van der Waals surface area contributed by atoms with Crippen LogP contribution >= 0.6 is 0 Å². The number of nitrogens with one attached hydrogen (secondary N) is 3. The van der Waals surface area contributed by atoms with E-state index in [4.69, 9.17) is 5.11 Å². The van der Waals surface area contributed by atoms with Gasteiger partial charge in [-0.05, 0) is 51.4 Å². The van der Waals surface area contributed by atoms with Gasteiger partial charge < -0.3 is 21.1 Å². The third kappa shape index (κ3) is 17.8. The maximum atomic E-state index is 11.7. The molecule has 7 nitrogen and oxygen atoms in total. The van der Waals surface area contributed by atoms with E-state index in [9.17, 15) is 14.4 Å². The number of rotatable bonds is 18. The maximum absolute atomic E-state index is 11.7. The van der Waals surface area contributed by atoms with Gasteiger partial charge in [-0.3, -0.25) is 4.79 Å². The minimum atomic E-state index is -0.979. The molecule has 0 saturated heterocycles. The summed E-state index contributed by atoms with van der Waals surface area (Å²) in [5.74, 6) is -1.16. The first kappa shape index (κ1) is 27.0. The second-order valence-corrected chi connectivity index (χ2v) is 7.32. The molecule has 7 heteroatoms. The van der Waals surface area contributed by atoms with E-state index in [1.807, 2.05) is 0 Å². The Morgan fingerprint density at radius 2 is 1.41 bits per heavy atom. The molecule has 0 fully saturated rings. The molecule has 168 valence electrons. The Morgan fingerprint density at radius 3 is 1.97 bits per heavy atom. The van der Waals surface area contributed by atoms with Gasteiger partial charge in [-0.2, -0.15) is 0 Å². The lowest BCUT2D eigenvalue weighted by Crippen LogP contribution is -2.40. The fraction of sp³-hybridized carbons (Fsp3) is 0.773. The summed E-state index contributed by atoms with van der Waals surface area (Å²) < 4.78 is 0. The Kier molecular flexibility index (Phi) is 17.9. The van der Waals surface area contributed by atoms with Crippen LogP contribution in [0.5, 0.6) is 0 Å². The second-order valence-electron chi connectivity index (χ2n) is 7.32. The van der Waals surface area contributed by atoms with E-state index < -0.39 is 12.0 Å². The second kappa shape index (κ2) is 19.3. The molecule has 1 unspecified atom stereocenters. The van der Waals surface area contributed by atoms with Gasteiger partial charge in [0.25, 0.3) is 0 Å². The van der Waals surface area contributed by atoms with E-state index in [-0.39, 0.29) is 11.9 Å². The quantitative estimate of drug-likeness (QED) is 0.201. The van der Waals surface area contributed by atoms with Crippen molar-refractivity contribution >= 4 is 17.9 Å². The topological polar surface area (TPSA) is 108 Å². The van der Waals surface area contributed by atoms with Gasteiger partial charge in [0, 0.05) is 19.5 Å². The van der Waals surface area contributed by atoms with Gasteiger partial charge in [0.15, 0.2) is 0 Å². The lowest BCUT2D eigenvalue weighted by Gasteiger charge is -2.11. The van der Waals surface area contributed by atoms with E-state index in [1.165, 1.54) is 0 Å². The van der Waals surface area contributed by atoms with Crippen LogP contribution in [0.25, 0.3) is 0 Å². The van der Waals surface area contributed by atoms with Crippen molar-refractivity contribution in [3.05, 3.63) is 12.2 Å². The molecular formula is C22H41N3O4. The average molecular weight is 412 g/mol. The summed E-state index contributed by atoms with van der Waals surface area (Å²) in [5, 5.41) is 17.2. The van der Waals surface area contributed by atoms with Crippen molar-refractivity contribution in [2.45, 2.75) is 96.9 Å². The van der Waals surface area contributed by atoms with Gasteiger partial charge in [-0.1, -0.05) is 45.3 Å². The fourth-order valence-electron chi connectivity index (χ4n) is 2.79. The molecule has 0 aromatic rings. The van der Waals surface area contributed by atoms with Crippen molar-refractivity contribution in [3.8, 4) is 0 Å². The Morgan fingerprint density at radius 1 is 0.828 bits per heavy atom. The molecule has 29 heavy (non-hydrogen) atoms. The normalized spacial score (nSPS) is 11.9. The molecule has 4 N–H and O–H groups in total. The van der Waals surface area contributed by atoms with Gasteiger partial charge in [0.2, 0.25) is 5.91 Å². The average Bonchev–Trinajstić information content (AvgIpc) is 2.69. The molecule has 0 bridgehead atoms. The zero-order valence-corrected chi connectivity index (χ0v) is 18.3. The standard InChI is InChI=1S/C22H41N3O4/c1-3-5-14-17-23-22(29)24-18-15-12-10-8-6-7-9-11-13-16-20(26)25-19(4-2)21(27)28/h6,8,19H,3-5,7,9-18H2,1-2H3,(H,25,26)(H,27,28)(H2,23,24,29)/b8-6+. The highest BCUT2D eigenvalue weighted by Crippen LogP contribution is 2.05. The molecule has 1 atom stereocenters. The number of allylic oxidation sites excluding steroid dienone is 2. The molecule has 0 radical (unpaired) electrons. The smallest absolute Gasteiger partial charge is 0.326 e. The maximum Gasteiger partial charge on any atom is 0.326 e. The van der Waals surface area contributed by atoms with Crippen LogP contribution in [0.4, 0.5) is 4.79 Å². The number of hydrogen-bond acceptors (Lipinski definition) is 3. The summed E-state index contributed by atoms with van der Waals surface area (Å²) in [6.45, 7) is 5.34. The molecule has 0 aliphatic rings. The Hall–Kier alpha value is -2.05.